The highest BCUT2D eigenvalue weighted by Gasteiger charge is 2.34. The minimum Gasteiger partial charge on any atom is -0.369 e. The summed E-state index contributed by atoms with van der Waals surface area (Å²) in [6.45, 7) is 2.40. The molecular formula is C23H32N4O5S. The third-order valence-electron chi connectivity index (χ3n) is 6.58. The van der Waals surface area contributed by atoms with Crippen molar-refractivity contribution in [1.29, 1.82) is 0 Å². The molecule has 1 aromatic carbocycles. The summed E-state index contributed by atoms with van der Waals surface area (Å²) in [6, 6.07) is 0.785. The summed E-state index contributed by atoms with van der Waals surface area (Å²) in [5.41, 5.74) is 5.35. The van der Waals surface area contributed by atoms with Crippen molar-refractivity contribution in [3.8, 4) is 0 Å². The van der Waals surface area contributed by atoms with E-state index in [9.17, 15) is 23.1 Å². The van der Waals surface area contributed by atoms with Gasteiger partial charge in [0, 0.05) is 18.4 Å². The second-order valence-corrected chi connectivity index (χ2v) is 10.6. The molecule has 0 spiro atoms. The van der Waals surface area contributed by atoms with Crippen molar-refractivity contribution in [2.24, 2.45) is 0 Å². The smallest absolute Gasteiger partial charge is 0.333 e. The summed E-state index contributed by atoms with van der Waals surface area (Å²) in [6.07, 6.45) is 8.72. The van der Waals surface area contributed by atoms with Gasteiger partial charge in [-0.25, -0.2) is 22.7 Å². The van der Waals surface area contributed by atoms with Gasteiger partial charge in [0.15, 0.2) is 6.23 Å². The maximum absolute atomic E-state index is 12.9. The molecule has 0 fully saturated rings. The van der Waals surface area contributed by atoms with E-state index in [-0.39, 0.29) is 0 Å². The summed E-state index contributed by atoms with van der Waals surface area (Å²) in [4.78, 5) is 25.7. The third-order valence-corrected chi connectivity index (χ3v) is 7.98. The zero-order chi connectivity index (χ0) is 23.6. The molecule has 4 N–H and O–H groups in total. The Hall–Kier alpha value is -2.59. The van der Waals surface area contributed by atoms with E-state index in [0.717, 1.165) is 80.8 Å². The number of nitrogens with one attached hydrogen (secondary N) is 3. The van der Waals surface area contributed by atoms with Crippen LogP contribution in [0.25, 0.3) is 0 Å². The number of carbonyl (C=O) groups is 2. The largest absolute Gasteiger partial charge is 0.369 e. The van der Waals surface area contributed by atoms with Gasteiger partial charge in [-0.3, -0.25) is 4.90 Å². The molecule has 10 heteroatoms. The van der Waals surface area contributed by atoms with E-state index in [1.165, 1.54) is 16.0 Å². The lowest BCUT2D eigenvalue weighted by molar-refractivity contribution is 0.148. The van der Waals surface area contributed by atoms with Gasteiger partial charge in [0.1, 0.15) is 4.91 Å². The van der Waals surface area contributed by atoms with Crippen LogP contribution in [0.3, 0.4) is 0 Å². The molecule has 3 aliphatic rings. The van der Waals surface area contributed by atoms with E-state index in [4.69, 9.17) is 0 Å². The number of carbonyl (C=O) groups excluding carboxylic acids is 2. The van der Waals surface area contributed by atoms with Gasteiger partial charge in [-0.2, -0.15) is 0 Å². The van der Waals surface area contributed by atoms with Crippen LogP contribution in [0.15, 0.2) is 17.2 Å². The topological polar surface area (TPSA) is 128 Å². The van der Waals surface area contributed by atoms with Crippen molar-refractivity contribution < 1.29 is 23.1 Å². The number of amides is 4. The predicted molar refractivity (Wildman–Crippen MR) is 125 cm³/mol. The zero-order valence-electron chi connectivity index (χ0n) is 18.9. The number of aliphatic hydroxyl groups excluding tert-OH is 1. The van der Waals surface area contributed by atoms with Crippen LogP contribution in [-0.2, 0) is 35.7 Å². The van der Waals surface area contributed by atoms with Crippen LogP contribution in [0.2, 0.25) is 0 Å². The molecule has 4 amide bonds. The number of nitrogens with zero attached hydrogens (tertiary/aromatic N) is 1. The Labute approximate surface area is 194 Å². The number of unbranched alkanes of at least 4 members (excludes halogenated alkanes) is 3. The van der Waals surface area contributed by atoms with Gasteiger partial charge in [-0.05, 0) is 67.2 Å². The Bertz CT molecular complexity index is 1050. The lowest BCUT2D eigenvalue weighted by atomic mass is 9.99. The lowest BCUT2D eigenvalue weighted by Gasteiger charge is -2.29. The van der Waals surface area contributed by atoms with Crippen LogP contribution in [0.5, 0.6) is 0 Å². The Balaban J connectivity index is 1.49. The first-order valence-corrected chi connectivity index (χ1v) is 13.3. The second kappa shape index (κ2) is 9.72. The average Bonchev–Trinajstić information content (AvgIpc) is 3.41. The molecular weight excluding hydrogens is 444 g/mol. The molecule has 1 aliphatic heterocycles. The van der Waals surface area contributed by atoms with Crippen molar-refractivity contribution in [3.63, 3.8) is 0 Å². The molecule has 0 aromatic heterocycles. The summed E-state index contributed by atoms with van der Waals surface area (Å²) in [7, 11) is -4.38. The Morgan fingerprint density at radius 2 is 1.79 bits per heavy atom. The Morgan fingerprint density at radius 3 is 2.42 bits per heavy atom. The van der Waals surface area contributed by atoms with E-state index >= 15 is 0 Å². The number of hydrogen-bond donors (Lipinski definition) is 4. The fraction of sp³-hybridized carbons (Fsp3) is 0.565. The highest BCUT2D eigenvalue weighted by atomic mass is 32.2. The zero-order valence-corrected chi connectivity index (χ0v) is 19.8. The van der Waals surface area contributed by atoms with E-state index in [2.05, 4.69) is 23.6 Å². The van der Waals surface area contributed by atoms with Gasteiger partial charge in [0.2, 0.25) is 0 Å². The molecule has 2 aliphatic carbocycles. The van der Waals surface area contributed by atoms with Crippen LogP contribution >= 0.6 is 0 Å². The third kappa shape index (κ3) is 5.01. The molecule has 180 valence electrons. The SMILES string of the molecule is CCCCCCN1C=C(S(=O)(=O)NC(=O)Nc2c3c(cc4c2CCC4)CCC3)C(O)NC1=O. The van der Waals surface area contributed by atoms with Crippen molar-refractivity contribution in [3.05, 3.63) is 39.4 Å². The molecule has 4 rings (SSSR count). The van der Waals surface area contributed by atoms with E-state index in [1.54, 1.807) is 0 Å². The minimum absolute atomic E-state index is 0.325. The Kier molecular flexibility index (Phi) is 6.94. The van der Waals surface area contributed by atoms with E-state index < -0.39 is 33.2 Å². The first-order valence-electron chi connectivity index (χ1n) is 11.8. The molecule has 0 radical (unpaired) electrons. The van der Waals surface area contributed by atoms with Crippen molar-refractivity contribution >= 4 is 27.8 Å². The number of rotatable bonds is 8. The standard InChI is InChI=1S/C23H32N4O5S/c1-2-3-4-5-12-27-14-19(21(28)25-23(27)30)33(31,32)26-22(29)24-20-17-10-6-8-15(17)13-16-9-7-11-18(16)20/h13-14,21,28H,2-12H2,1H3,(H,25,30)(H2,24,26,29). The lowest BCUT2D eigenvalue weighted by Crippen LogP contribution is -2.51. The van der Waals surface area contributed by atoms with Crippen LogP contribution in [-0.4, -0.2) is 43.3 Å². The normalized spacial score (nSPS) is 19.6. The molecule has 0 saturated carbocycles. The molecule has 9 nitrogen and oxygen atoms in total. The van der Waals surface area contributed by atoms with E-state index in [0.29, 0.717) is 13.0 Å². The summed E-state index contributed by atoms with van der Waals surface area (Å²) in [5, 5.41) is 15.2. The molecule has 0 saturated heterocycles. The highest BCUT2D eigenvalue weighted by molar-refractivity contribution is 7.94. The second-order valence-electron chi connectivity index (χ2n) is 8.93. The molecule has 1 aromatic rings. The van der Waals surface area contributed by atoms with Gasteiger partial charge in [-0.1, -0.05) is 32.3 Å². The molecule has 33 heavy (non-hydrogen) atoms. The molecule has 1 atom stereocenters. The summed E-state index contributed by atoms with van der Waals surface area (Å²) in [5.74, 6) is 0. The first kappa shape index (κ1) is 23.6. The number of aryl methyl sites for hydroxylation is 2. The first-order chi connectivity index (χ1) is 15.8. The van der Waals surface area contributed by atoms with Gasteiger partial charge in [-0.15, -0.1) is 0 Å². The maximum Gasteiger partial charge on any atom is 0.333 e. The van der Waals surface area contributed by atoms with Crippen molar-refractivity contribution in [2.75, 3.05) is 11.9 Å². The number of fused-ring (bicyclic) bond motifs is 2. The van der Waals surface area contributed by atoms with Crippen molar-refractivity contribution in [1.82, 2.24) is 14.9 Å². The Morgan fingerprint density at radius 1 is 1.12 bits per heavy atom. The molecule has 0 bridgehead atoms. The van der Waals surface area contributed by atoms with Crippen molar-refractivity contribution in [2.45, 2.75) is 77.4 Å². The number of hydrogen-bond acceptors (Lipinski definition) is 5. The van der Waals surface area contributed by atoms with Gasteiger partial charge >= 0.3 is 12.1 Å². The quantitative estimate of drug-likeness (QED) is 0.429. The van der Waals surface area contributed by atoms with Crippen LogP contribution in [0.1, 0.15) is 67.7 Å². The van der Waals surface area contributed by atoms with E-state index in [1.807, 2.05) is 4.72 Å². The van der Waals surface area contributed by atoms with Gasteiger partial charge in [0.05, 0.1) is 0 Å². The molecule has 1 unspecified atom stereocenters. The summed E-state index contributed by atoms with van der Waals surface area (Å²) < 4.78 is 27.8. The number of aliphatic hydroxyl groups is 1. The number of benzene rings is 1. The average molecular weight is 477 g/mol. The highest BCUT2D eigenvalue weighted by Crippen LogP contribution is 2.38. The maximum atomic E-state index is 12.9. The number of sulfonamides is 1. The predicted octanol–water partition coefficient (Wildman–Crippen LogP) is 2.88. The van der Waals surface area contributed by atoms with Gasteiger partial charge < -0.3 is 15.7 Å². The summed E-state index contributed by atoms with van der Waals surface area (Å²) >= 11 is 0. The molecule has 1 heterocycles. The number of anilines is 1. The van der Waals surface area contributed by atoms with Crippen LogP contribution in [0.4, 0.5) is 15.3 Å². The minimum atomic E-state index is -4.38. The van der Waals surface area contributed by atoms with Crippen LogP contribution < -0.4 is 15.4 Å². The number of urea groups is 2. The monoisotopic (exact) mass is 476 g/mol. The van der Waals surface area contributed by atoms with Crippen LogP contribution in [0, 0.1) is 0 Å². The fourth-order valence-corrected chi connectivity index (χ4v) is 5.96. The van der Waals surface area contributed by atoms with Gasteiger partial charge in [0.25, 0.3) is 10.0 Å². The fourth-order valence-electron chi connectivity index (χ4n) is 4.93.